The zero-order valence-corrected chi connectivity index (χ0v) is 16.9. The fourth-order valence-electron chi connectivity index (χ4n) is 4.51. The lowest BCUT2D eigenvalue weighted by Gasteiger charge is -2.46. The molecular weight excluding hydrogens is 342 g/mol. The molecule has 1 aliphatic heterocycles. The first kappa shape index (κ1) is 19.2. The molecular formula is C21H29N3OS. The molecule has 0 unspecified atom stereocenters. The molecule has 140 valence electrons. The molecule has 2 fully saturated rings. The molecule has 0 bridgehead atoms. The van der Waals surface area contributed by atoms with Crippen molar-refractivity contribution < 1.29 is 4.79 Å². The molecule has 1 aliphatic carbocycles. The third-order valence-corrected chi connectivity index (χ3v) is 6.10. The maximum atomic E-state index is 13.2. The summed E-state index contributed by atoms with van der Waals surface area (Å²) in [5, 5.41) is 5.99. The van der Waals surface area contributed by atoms with Crippen molar-refractivity contribution in [1.82, 2.24) is 10.2 Å². The van der Waals surface area contributed by atoms with E-state index in [2.05, 4.69) is 47.2 Å². The van der Waals surface area contributed by atoms with E-state index in [0.717, 1.165) is 55.7 Å². The van der Waals surface area contributed by atoms with E-state index in [1.807, 2.05) is 6.07 Å². The number of piperazine rings is 1. The Morgan fingerprint density at radius 3 is 2.81 bits per heavy atom. The molecule has 1 amide bonds. The van der Waals surface area contributed by atoms with Crippen molar-refractivity contribution >= 4 is 29.0 Å². The molecule has 1 aromatic carbocycles. The summed E-state index contributed by atoms with van der Waals surface area (Å²) in [6.07, 6.45) is 5.31. The second kappa shape index (κ2) is 7.99. The number of rotatable bonds is 4. The number of aryl methyl sites for hydroxylation is 1. The molecule has 3 rings (SSSR count). The molecule has 2 aliphatic rings. The fraction of sp³-hybridized carbons (Fsp3) is 0.619. The number of carbonyl (C=O) groups is 1. The van der Waals surface area contributed by atoms with Crippen LogP contribution in [-0.2, 0) is 11.2 Å². The highest BCUT2D eigenvalue weighted by atomic mass is 32.1. The monoisotopic (exact) mass is 371 g/mol. The van der Waals surface area contributed by atoms with Gasteiger partial charge in [-0.05, 0) is 75.0 Å². The first-order valence-corrected chi connectivity index (χ1v) is 10.1. The number of nitrogens with one attached hydrogen (secondary N) is 1. The van der Waals surface area contributed by atoms with Crippen molar-refractivity contribution in [1.29, 1.82) is 0 Å². The zero-order valence-electron chi connectivity index (χ0n) is 16.1. The topological polar surface area (TPSA) is 44.7 Å². The smallest absolute Gasteiger partial charge is 0.226 e. The number of nitrogens with zero attached hydrogens (tertiary/aromatic N) is 2. The minimum atomic E-state index is -0.213. The Balaban J connectivity index is 1.90. The summed E-state index contributed by atoms with van der Waals surface area (Å²) in [5.41, 5.74) is 4.21. The van der Waals surface area contributed by atoms with Gasteiger partial charge in [-0.25, -0.2) is 0 Å². The van der Waals surface area contributed by atoms with Crippen LogP contribution in [-0.4, -0.2) is 41.1 Å². The maximum absolute atomic E-state index is 13.2. The van der Waals surface area contributed by atoms with Gasteiger partial charge in [-0.2, -0.15) is 4.99 Å². The number of hydrogen-bond donors (Lipinski definition) is 1. The lowest BCUT2D eigenvalue weighted by atomic mass is 9.85. The fourth-order valence-corrected chi connectivity index (χ4v) is 4.61. The zero-order chi connectivity index (χ0) is 18.7. The molecule has 1 aromatic rings. The highest BCUT2D eigenvalue weighted by Gasteiger charge is 2.40. The SMILES string of the molecule is Cc1cc(C[C@@]2(C)CNCCN2C(=O)C2CCCC2)c(C)c(N=C=S)c1. The van der Waals surface area contributed by atoms with Crippen LogP contribution < -0.4 is 5.32 Å². The van der Waals surface area contributed by atoms with Gasteiger partial charge in [0.15, 0.2) is 0 Å². The van der Waals surface area contributed by atoms with Crippen molar-refractivity contribution in [2.24, 2.45) is 10.9 Å². The van der Waals surface area contributed by atoms with Gasteiger partial charge in [-0.1, -0.05) is 18.9 Å². The molecule has 0 aromatic heterocycles. The molecule has 4 nitrogen and oxygen atoms in total. The number of hydrogen-bond acceptors (Lipinski definition) is 4. The van der Waals surface area contributed by atoms with Crippen LogP contribution in [0.25, 0.3) is 0 Å². The van der Waals surface area contributed by atoms with Crippen LogP contribution in [0.3, 0.4) is 0 Å². The van der Waals surface area contributed by atoms with Gasteiger partial charge in [-0.3, -0.25) is 4.79 Å². The summed E-state index contributed by atoms with van der Waals surface area (Å²) in [4.78, 5) is 19.6. The van der Waals surface area contributed by atoms with Crippen molar-refractivity contribution in [3.8, 4) is 0 Å². The van der Waals surface area contributed by atoms with Crippen molar-refractivity contribution in [2.75, 3.05) is 19.6 Å². The lowest BCUT2D eigenvalue weighted by Crippen LogP contribution is -2.63. The van der Waals surface area contributed by atoms with Gasteiger partial charge in [0.25, 0.3) is 0 Å². The Morgan fingerprint density at radius 1 is 1.38 bits per heavy atom. The Labute approximate surface area is 162 Å². The van der Waals surface area contributed by atoms with E-state index in [1.54, 1.807) is 0 Å². The number of aliphatic imine (C=N–C) groups is 1. The quantitative estimate of drug-likeness (QED) is 0.644. The maximum Gasteiger partial charge on any atom is 0.226 e. The van der Waals surface area contributed by atoms with Crippen LogP contribution in [0.15, 0.2) is 17.1 Å². The average Bonchev–Trinajstić information content (AvgIpc) is 3.13. The minimum absolute atomic E-state index is 0.213. The molecule has 1 saturated heterocycles. The van der Waals surface area contributed by atoms with E-state index in [4.69, 9.17) is 12.2 Å². The van der Waals surface area contributed by atoms with Gasteiger partial charge in [-0.15, -0.1) is 0 Å². The second-order valence-corrected chi connectivity index (χ2v) is 8.28. The predicted molar refractivity (Wildman–Crippen MR) is 109 cm³/mol. The summed E-state index contributed by atoms with van der Waals surface area (Å²) in [5.74, 6) is 0.579. The number of benzene rings is 1. The Bertz CT molecular complexity index is 735. The molecule has 0 radical (unpaired) electrons. The summed E-state index contributed by atoms with van der Waals surface area (Å²) < 4.78 is 0. The predicted octanol–water partition coefficient (Wildman–Crippen LogP) is 3.96. The highest BCUT2D eigenvalue weighted by molar-refractivity contribution is 7.78. The number of thiocarbonyl (C=S) groups is 1. The summed E-state index contributed by atoms with van der Waals surface area (Å²) >= 11 is 4.80. The van der Waals surface area contributed by atoms with E-state index >= 15 is 0 Å². The van der Waals surface area contributed by atoms with E-state index in [-0.39, 0.29) is 11.5 Å². The van der Waals surface area contributed by atoms with Crippen molar-refractivity contribution in [2.45, 2.75) is 58.4 Å². The molecule has 1 N–H and O–H groups in total. The molecule has 1 heterocycles. The molecule has 5 heteroatoms. The standard InChI is InChI=1S/C21H29N3OS/c1-15-10-18(16(2)19(11-15)23-14-26)12-21(3)13-22-8-9-24(21)20(25)17-6-4-5-7-17/h10-11,17,22H,4-9,12-13H2,1-3H3/t21-/m0/s1. The average molecular weight is 372 g/mol. The van der Waals surface area contributed by atoms with Crippen LogP contribution in [0.4, 0.5) is 5.69 Å². The van der Waals surface area contributed by atoms with E-state index in [0.29, 0.717) is 5.91 Å². The Kier molecular flexibility index (Phi) is 5.91. The first-order valence-electron chi connectivity index (χ1n) is 9.65. The van der Waals surface area contributed by atoms with Crippen LogP contribution in [0.5, 0.6) is 0 Å². The van der Waals surface area contributed by atoms with Gasteiger partial charge in [0.2, 0.25) is 5.91 Å². The van der Waals surface area contributed by atoms with Gasteiger partial charge in [0, 0.05) is 25.6 Å². The molecule has 26 heavy (non-hydrogen) atoms. The molecule has 1 atom stereocenters. The molecule has 1 saturated carbocycles. The first-order chi connectivity index (χ1) is 12.4. The van der Waals surface area contributed by atoms with E-state index < -0.39 is 0 Å². The number of isothiocyanates is 1. The van der Waals surface area contributed by atoms with Crippen LogP contribution in [0, 0.1) is 19.8 Å². The Hall–Kier alpha value is -1.55. The summed E-state index contributed by atoms with van der Waals surface area (Å²) in [7, 11) is 0. The normalized spacial score (nSPS) is 23.7. The second-order valence-electron chi connectivity index (χ2n) is 8.09. The van der Waals surface area contributed by atoms with Crippen LogP contribution >= 0.6 is 12.2 Å². The van der Waals surface area contributed by atoms with Gasteiger partial charge < -0.3 is 10.2 Å². The summed E-state index contributed by atoms with van der Waals surface area (Å²) in [6.45, 7) is 8.88. The van der Waals surface area contributed by atoms with Gasteiger partial charge in [0.1, 0.15) is 0 Å². The van der Waals surface area contributed by atoms with Crippen LogP contribution in [0.2, 0.25) is 0 Å². The van der Waals surface area contributed by atoms with Gasteiger partial charge >= 0.3 is 0 Å². The highest BCUT2D eigenvalue weighted by Crippen LogP contribution is 2.33. The number of amides is 1. The summed E-state index contributed by atoms with van der Waals surface area (Å²) in [6, 6.07) is 4.26. The Morgan fingerprint density at radius 2 is 2.12 bits per heavy atom. The lowest BCUT2D eigenvalue weighted by molar-refractivity contribution is -0.142. The van der Waals surface area contributed by atoms with Crippen LogP contribution in [0.1, 0.15) is 49.3 Å². The third-order valence-electron chi connectivity index (χ3n) is 6.01. The van der Waals surface area contributed by atoms with Crippen molar-refractivity contribution in [3.63, 3.8) is 0 Å². The molecule has 0 spiro atoms. The number of carbonyl (C=O) groups excluding carboxylic acids is 1. The van der Waals surface area contributed by atoms with Gasteiger partial charge in [0.05, 0.1) is 16.4 Å². The third kappa shape index (κ3) is 3.90. The largest absolute Gasteiger partial charge is 0.334 e. The van der Waals surface area contributed by atoms with E-state index in [9.17, 15) is 4.79 Å². The van der Waals surface area contributed by atoms with Crippen molar-refractivity contribution in [3.05, 3.63) is 28.8 Å². The van der Waals surface area contributed by atoms with E-state index in [1.165, 1.54) is 18.4 Å². The minimum Gasteiger partial charge on any atom is -0.334 e.